The van der Waals surface area contributed by atoms with Gasteiger partial charge in [0.1, 0.15) is 0 Å². The van der Waals surface area contributed by atoms with Crippen LogP contribution in [0.4, 0.5) is 0 Å². The quantitative estimate of drug-likeness (QED) is 0.688. The van der Waals surface area contributed by atoms with Crippen LogP contribution in [-0.2, 0) is 10.8 Å². The highest BCUT2D eigenvalue weighted by Crippen LogP contribution is 2.31. The number of H-pyrrole nitrogens is 1. The average molecular weight is 210 g/mol. The molecule has 0 atom stereocenters. The Morgan fingerprint density at radius 3 is 1.67 bits per heavy atom. The van der Waals surface area contributed by atoms with E-state index in [2.05, 4.69) is 51.7 Å². The van der Waals surface area contributed by atoms with Crippen molar-refractivity contribution >= 4 is 0 Å². The lowest BCUT2D eigenvalue weighted by Gasteiger charge is -2.25. The number of hydrogen-bond acceptors (Lipinski definition) is 1. The van der Waals surface area contributed by atoms with Gasteiger partial charge in [-0.2, -0.15) is 5.10 Å². The van der Waals surface area contributed by atoms with E-state index < -0.39 is 0 Å². The number of nitrogens with one attached hydrogen (secondary N) is 1. The Morgan fingerprint density at radius 2 is 1.40 bits per heavy atom. The summed E-state index contributed by atoms with van der Waals surface area (Å²) in [4.78, 5) is 0. The van der Waals surface area contributed by atoms with Crippen molar-refractivity contribution in [1.29, 1.82) is 0 Å². The Labute approximate surface area is 94.5 Å². The molecule has 0 aliphatic carbocycles. The number of aromatic amines is 1. The van der Waals surface area contributed by atoms with Crippen molar-refractivity contribution in [2.75, 3.05) is 0 Å². The first kappa shape index (κ1) is 14.2. The molecular weight excluding hydrogens is 184 g/mol. The van der Waals surface area contributed by atoms with Crippen molar-refractivity contribution in [3.63, 3.8) is 0 Å². The fourth-order valence-corrected chi connectivity index (χ4v) is 1.43. The monoisotopic (exact) mass is 210 g/mol. The Hall–Kier alpha value is -0.790. The van der Waals surface area contributed by atoms with Crippen LogP contribution in [0.2, 0.25) is 0 Å². The summed E-state index contributed by atoms with van der Waals surface area (Å²) in [6.07, 6.45) is 1.95. The minimum atomic E-state index is 0.152. The van der Waals surface area contributed by atoms with Gasteiger partial charge in [-0.15, -0.1) is 0 Å². The molecule has 1 heterocycles. The molecule has 0 fully saturated rings. The topological polar surface area (TPSA) is 28.7 Å². The van der Waals surface area contributed by atoms with Gasteiger partial charge in [-0.1, -0.05) is 55.4 Å². The van der Waals surface area contributed by atoms with Crippen LogP contribution in [0, 0.1) is 0 Å². The first-order valence-electron chi connectivity index (χ1n) is 5.77. The minimum absolute atomic E-state index is 0.152. The van der Waals surface area contributed by atoms with Crippen LogP contribution in [0.5, 0.6) is 0 Å². The van der Waals surface area contributed by atoms with E-state index in [1.54, 1.807) is 0 Å². The van der Waals surface area contributed by atoms with Gasteiger partial charge < -0.3 is 0 Å². The molecule has 0 amide bonds. The summed E-state index contributed by atoms with van der Waals surface area (Å²) in [5.41, 5.74) is 2.90. The second-order valence-electron chi connectivity index (χ2n) is 5.66. The predicted molar refractivity (Wildman–Crippen MR) is 67.3 cm³/mol. The van der Waals surface area contributed by atoms with Crippen molar-refractivity contribution < 1.29 is 0 Å². The number of hydrogen-bond donors (Lipinski definition) is 1. The van der Waals surface area contributed by atoms with E-state index in [0.717, 1.165) is 0 Å². The van der Waals surface area contributed by atoms with E-state index >= 15 is 0 Å². The van der Waals surface area contributed by atoms with Crippen molar-refractivity contribution in [3.8, 4) is 0 Å². The van der Waals surface area contributed by atoms with Crippen molar-refractivity contribution in [2.24, 2.45) is 0 Å². The van der Waals surface area contributed by atoms with E-state index in [-0.39, 0.29) is 10.8 Å². The SMILES string of the molecule is CC.CC(C)(C)c1cn[nH]c1C(C)(C)C. The molecule has 2 nitrogen and oxygen atoms in total. The lowest BCUT2D eigenvalue weighted by molar-refractivity contribution is 0.520. The molecule has 0 saturated heterocycles. The van der Waals surface area contributed by atoms with Crippen molar-refractivity contribution in [1.82, 2.24) is 10.2 Å². The van der Waals surface area contributed by atoms with E-state index in [1.165, 1.54) is 11.3 Å². The van der Waals surface area contributed by atoms with Gasteiger partial charge in [0.2, 0.25) is 0 Å². The lowest BCUT2D eigenvalue weighted by atomic mass is 9.80. The fourth-order valence-electron chi connectivity index (χ4n) is 1.43. The molecule has 0 aliphatic rings. The van der Waals surface area contributed by atoms with Gasteiger partial charge in [-0.25, -0.2) is 0 Å². The van der Waals surface area contributed by atoms with Crippen molar-refractivity contribution in [3.05, 3.63) is 17.5 Å². The summed E-state index contributed by atoms with van der Waals surface area (Å²) < 4.78 is 0. The Morgan fingerprint density at radius 1 is 0.933 bits per heavy atom. The second-order valence-corrected chi connectivity index (χ2v) is 5.66. The van der Waals surface area contributed by atoms with Crippen LogP contribution in [0.25, 0.3) is 0 Å². The molecule has 1 aromatic rings. The lowest BCUT2D eigenvalue weighted by Crippen LogP contribution is -2.20. The van der Waals surface area contributed by atoms with E-state index in [0.29, 0.717) is 0 Å². The molecule has 0 aliphatic heterocycles. The summed E-state index contributed by atoms with van der Waals surface area (Å²) in [5.74, 6) is 0. The zero-order valence-electron chi connectivity index (χ0n) is 11.5. The van der Waals surface area contributed by atoms with E-state index in [9.17, 15) is 0 Å². The smallest absolute Gasteiger partial charge is 0.0527 e. The molecule has 0 aromatic carbocycles. The number of rotatable bonds is 0. The Bertz CT molecular complexity index is 256. The molecule has 0 bridgehead atoms. The molecule has 1 N–H and O–H groups in total. The summed E-state index contributed by atoms with van der Waals surface area (Å²) in [7, 11) is 0. The maximum absolute atomic E-state index is 4.13. The van der Waals surface area contributed by atoms with E-state index in [1.807, 2.05) is 20.0 Å². The molecule has 2 heteroatoms. The molecule has 1 aromatic heterocycles. The van der Waals surface area contributed by atoms with Crippen LogP contribution in [-0.4, -0.2) is 10.2 Å². The Kier molecular flexibility index (Phi) is 4.57. The minimum Gasteiger partial charge on any atom is -0.282 e. The third kappa shape index (κ3) is 3.69. The van der Waals surface area contributed by atoms with Crippen molar-refractivity contribution in [2.45, 2.75) is 66.2 Å². The largest absolute Gasteiger partial charge is 0.282 e. The van der Waals surface area contributed by atoms with Crippen LogP contribution >= 0.6 is 0 Å². The zero-order valence-corrected chi connectivity index (χ0v) is 11.5. The molecule has 1 rings (SSSR count). The van der Waals surface area contributed by atoms with Gasteiger partial charge in [-0.3, -0.25) is 5.10 Å². The molecule has 0 saturated carbocycles. The molecule has 0 unspecified atom stereocenters. The maximum atomic E-state index is 4.13. The van der Waals surface area contributed by atoms with Gasteiger partial charge in [0.25, 0.3) is 0 Å². The van der Waals surface area contributed by atoms with E-state index in [4.69, 9.17) is 0 Å². The second kappa shape index (κ2) is 4.82. The first-order valence-corrected chi connectivity index (χ1v) is 5.77. The zero-order chi connectivity index (χ0) is 12.3. The van der Waals surface area contributed by atoms with Gasteiger partial charge in [0.05, 0.1) is 6.20 Å². The first-order chi connectivity index (χ1) is 6.73. The molecular formula is C13H26N2. The van der Waals surface area contributed by atoms with Gasteiger partial charge in [0, 0.05) is 11.1 Å². The maximum Gasteiger partial charge on any atom is 0.0527 e. The summed E-state index contributed by atoms with van der Waals surface area (Å²) in [6.45, 7) is 17.3. The average Bonchev–Trinajstić information content (AvgIpc) is 2.53. The van der Waals surface area contributed by atoms with Crippen LogP contribution in [0.15, 0.2) is 6.20 Å². The normalized spacial score (nSPS) is 12.0. The highest BCUT2D eigenvalue weighted by Gasteiger charge is 2.26. The number of nitrogens with zero attached hydrogens (tertiary/aromatic N) is 1. The van der Waals surface area contributed by atoms with Crippen LogP contribution in [0.3, 0.4) is 0 Å². The standard InChI is InChI=1S/C11H20N2.C2H6/c1-10(2,3)8-7-12-13-9(8)11(4,5)6;1-2/h7H,1-6H3,(H,12,13);1-2H3. The Balaban J connectivity index is 0.000000921. The summed E-state index contributed by atoms with van der Waals surface area (Å²) in [6, 6.07) is 0. The van der Waals surface area contributed by atoms with Crippen LogP contribution in [0.1, 0.15) is 66.6 Å². The highest BCUT2D eigenvalue weighted by molar-refractivity contribution is 5.29. The predicted octanol–water partition coefficient (Wildman–Crippen LogP) is 4.03. The summed E-state index contributed by atoms with van der Waals surface area (Å²) in [5, 5.41) is 7.23. The van der Waals surface area contributed by atoms with Gasteiger partial charge >= 0.3 is 0 Å². The number of aromatic nitrogens is 2. The molecule has 15 heavy (non-hydrogen) atoms. The van der Waals surface area contributed by atoms with Crippen LogP contribution < -0.4 is 0 Å². The molecule has 0 radical (unpaired) electrons. The van der Waals surface area contributed by atoms with Gasteiger partial charge in [-0.05, 0) is 11.0 Å². The third-order valence-corrected chi connectivity index (χ3v) is 2.20. The summed E-state index contributed by atoms with van der Waals surface area (Å²) >= 11 is 0. The fraction of sp³-hybridized carbons (Fsp3) is 0.769. The molecule has 88 valence electrons. The van der Waals surface area contributed by atoms with Gasteiger partial charge in [0.15, 0.2) is 0 Å². The third-order valence-electron chi connectivity index (χ3n) is 2.20. The highest BCUT2D eigenvalue weighted by atomic mass is 15.1. The molecule has 0 spiro atoms.